The van der Waals surface area contributed by atoms with E-state index in [4.69, 9.17) is 4.43 Å². The van der Waals surface area contributed by atoms with Crippen molar-refractivity contribution in [3.8, 4) is 0 Å². The molecule has 0 amide bonds. The molecule has 0 aliphatic heterocycles. The average molecular weight is 279 g/mol. The van der Waals surface area contributed by atoms with Gasteiger partial charge in [0, 0.05) is 0 Å². The van der Waals surface area contributed by atoms with Gasteiger partial charge in [-0.3, -0.25) is 0 Å². The van der Waals surface area contributed by atoms with Gasteiger partial charge in [0.05, 0.1) is 5.60 Å². The van der Waals surface area contributed by atoms with E-state index in [2.05, 4.69) is 24.3 Å². The quantitative estimate of drug-likeness (QED) is 0.474. The lowest BCUT2D eigenvalue weighted by molar-refractivity contribution is 0.0584. The van der Waals surface area contributed by atoms with Crippen molar-refractivity contribution in [3.63, 3.8) is 0 Å². The lowest BCUT2D eigenvalue weighted by atomic mass is 9.90. The maximum Gasteiger partial charge on any atom is 0.247 e. The SMILES string of the molecule is CCC(CC)(CCCCCc1cccc(F)c1)O[Si]. The average Bonchev–Trinajstić information content (AvgIpc) is 2.44. The third kappa shape index (κ3) is 5.45. The van der Waals surface area contributed by atoms with Crippen LogP contribution >= 0.6 is 0 Å². The van der Waals surface area contributed by atoms with E-state index in [1.54, 1.807) is 12.1 Å². The van der Waals surface area contributed by atoms with Crippen LogP contribution in [0.4, 0.5) is 4.39 Å². The molecule has 0 bridgehead atoms. The molecule has 0 atom stereocenters. The van der Waals surface area contributed by atoms with Crippen molar-refractivity contribution < 1.29 is 8.82 Å². The number of aryl methyl sites for hydroxylation is 1. The molecule has 0 unspecified atom stereocenters. The lowest BCUT2D eigenvalue weighted by Crippen LogP contribution is -2.30. The van der Waals surface area contributed by atoms with E-state index >= 15 is 0 Å². The first-order chi connectivity index (χ1) is 9.15. The fraction of sp³-hybridized carbons (Fsp3) is 0.625. The molecule has 3 radical (unpaired) electrons. The van der Waals surface area contributed by atoms with Crippen LogP contribution in [0.3, 0.4) is 0 Å². The number of hydrogen-bond donors (Lipinski definition) is 0. The first-order valence-corrected chi connectivity index (χ1v) is 7.66. The van der Waals surface area contributed by atoms with Gasteiger partial charge in [-0.25, -0.2) is 4.39 Å². The van der Waals surface area contributed by atoms with Gasteiger partial charge in [0.2, 0.25) is 10.5 Å². The molecule has 1 aromatic rings. The number of hydrogen-bond acceptors (Lipinski definition) is 1. The Morgan fingerprint density at radius 3 is 2.47 bits per heavy atom. The van der Waals surface area contributed by atoms with E-state index in [9.17, 15) is 4.39 Å². The fourth-order valence-corrected chi connectivity index (χ4v) is 2.84. The Morgan fingerprint density at radius 2 is 1.89 bits per heavy atom. The summed E-state index contributed by atoms with van der Waals surface area (Å²) in [7, 11) is 3.22. The van der Waals surface area contributed by atoms with Crippen molar-refractivity contribution in [1.82, 2.24) is 0 Å². The van der Waals surface area contributed by atoms with Crippen molar-refractivity contribution in [2.75, 3.05) is 0 Å². The van der Waals surface area contributed by atoms with Crippen LogP contribution in [0.5, 0.6) is 0 Å². The van der Waals surface area contributed by atoms with Crippen LogP contribution in [0.25, 0.3) is 0 Å². The van der Waals surface area contributed by atoms with E-state index in [1.807, 2.05) is 6.07 Å². The van der Waals surface area contributed by atoms with Gasteiger partial charge in [0.25, 0.3) is 0 Å². The minimum Gasteiger partial charge on any atom is -0.413 e. The topological polar surface area (TPSA) is 9.23 Å². The molecule has 0 aliphatic rings. The van der Waals surface area contributed by atoms with Gasteiger partial charge in [-0.1, -0.05) is 38.8 Å². The molecule has 19 heavy (non-hydrogen) atoms. The van der Waals surface area contributed by atoms with Gasteiger partial charge < -0.3 is 4.43 Å². The van der Waals surface area contributed by atoms with Crippen molar-refractivity contribution in [2.45, 2.75) is 64.4 Å². The van der Waals surface area contributed by atoms with E-state index < -0.39 is 0 Å². The first kappa shape index (κ1) is 16.4. The Balaban J connectivity index is 2.24. The second-order valence-electron chi connectivity index (χ2n) is 5.18. The molecule has 3 heteroatoms. The van der Waals surface area contributed by atoms with Gasteiger partial charge in [-0.2, -0.15) is 0 Å². The van der Waals surface area contributed by atoms with Gasteiger partial charge >= 0.3 is 0 Å². The molecular weight excluding hydrogens is 255 g/mol. The highest BCUT2D eigenvalue weighted by Gasteiger charge is 2.23. The number of benzene rings is 1. The third-order valence-electron chi connectivity index (χ3n) is 3.99. The highest BCUT2D eigenvalue weighted by atomic mass is 28.2. The second kappa shape index (κ2) is 8.49. The molecule has 0 fully saturated rings. The van der Waals surface area contributed by atoms with Crippen molar-refractivity contribution >= 4 is 10.5 Å². The molecule has 0 spiro atoms. The summed E-state index contributed by atoms with van der Waals surface area (Å²) >= 11 is 0. The molecule has 105 valence electrons. The molecule has 0 heterocycles. The highest BCUT2D eigenvalue weighted by Crippen LogP contribution is 2.26. The summed E-state index contributed by atoms with van der Waals surface area (Å²) in [6, 6.07) is 6.90. The monoisotopic (exact) mass is 279 g/mol. The molecule has 0 saturated heterocycles. The molecule has 0 aromatic heterocycles. The molecule has 1 aromatic carbocycles. The van der Waals surface area contributed by atoms with Gasteiger partial charge in [-0.05, 0) is 49.8 Å². The normalized spacial score (nSPS) is 11.8. The molecule has 1 rings (SSSR count). The molecule has 0 N–H and O–H groups in total. The van der Waals surface area contributed by atoms with Crippen molar-refractivity contribution in [3.05, 3.63) is 35.6 Å². The number of halogens is 1. The Hall–Kier alpha value is -0.673. The molecular formula is C16H24FOSi. The standard InChI is InChI=1S/C16H24FOSi/c1-3-16(4-2,18-19)12-7-5-6-9-14-10-8-11-15(17)13-14/h8,10-11,13H,3-7,9,12H2,1-2H3. The Bertz CT molecular complexity index is 355. The zero-order chi connectivity index (χ0) is 14.1. The first-order valence-electron chi connectivity index (χ1n) is 7.25. The maximum atomic E-state index is 13.0. The fourth-order valence-electron chi connectivity index (χ4n) is 2.44. The van der Waals surface area contributed by atoms with Crippen LogP contribution in [-0.2, 0) is 10.8 Å². The van der Waals surface area contributed by atoms with Crippen molar-refractivity contribution in [2.24, 2.45) is 0 Å². The molecule has 1 nitrogen and oxygen atoms in total. The van der Waals surface area contributed by atoms with Gasteiger partial charge in [0.15, 0.2) is 0 Å². The predicted molar refractivity (Wildman–Crippen MR) is 78.7 cm³/mol. The van der Waals surface area contributed by atoms with E-state index in [1.165, 1.54) is 6.07 Å². The van der Waals surface area contributed by atoms with Gasteiger partial charge in [0.1, 0.15) is 5.82 Å². The summed E-state index contributed by atoms with van der Waals surface area (Å²) in [5.41, 5.74) is 1.07. The van der Waals surface area contributed by atoms with Crippen LogP contribution in [0, 0.1) is 5.82 Å². The maximum absolute atomic E-state index is 13.0. The Morgan fingerprint density at radius 1 is 1.16 bits per heavy atom. The number of unbranched alkanes of at least 4 members (excludes halogenated alkanes) is 2. The smallest absolute Gasteiger partial charge is 0.247 e. The Kier molecular flexibility index (Phi) is 7.32. The zero-order valence-corrected chi connectivity index (χ0v) is 13.0. The molecule has 0 saturated carbocycles. The molecule has 0 aliphatic carbocycles. The predicted octanol–water partition coefficient (Wildman–Crippen LogP) is 4.59. The third-order valence-corrected chi connectivity index (χ3v) is 4.43. The lowest BCUT2D eigenvalue weighted by Gasteiger charge is -2.30. The van der Waals surface area contributed by atoms with E-state index in [-0.39, 0.29) is 11.4 Å². The Labute approximate surface area is 120 Å². The minimum absolute atomic E-state index is 0.0181. The van der Waals surface area contributed by atoms with Gasteiger partial charge in [-0.15, -0.1) is 0 Å². The minimum atomic E-state index is -0.138. The van der Waals surface area contributed by atoms with Crippen LogP contribution < -0.4 is 0 Å². The summed E-state index contributed by atoms with van der Waals surface area (Å²) in [6.45, 7) is 4.33. The van der Waals surface area contributed by atoms with Crippen LogP contribution in [-0.4, -0.2) is 16.1 Å². The summed E-state index contributed by atoms with van der Waals surface area (Å²) < 4.78 is 18.5. The van der Waals surface area contributed by atoms with Crippen molar-refractivity contribution in [1.29, 1.82) is 0 Å². The largest absolute Gasteiger partial charge is 0.413 e. The summed E-state index contributed by atoms with van der Waals surface area (Å²) in [6.07, 6.45) is 7.50. The summed E-state index contributed by atoms with van der Waals surface area (Å²) in [4.78, 5) is 0. The summed E-state index contributed by atoms with van der Waals surface area (Å²) in [5, 5.41) is 0. The van der Waals surface area contributed by atoms with Crippen LogP contribution in [0.2, 0.25) is 0 Å². The number of rotatable bonds is 9. The van der Waals surface area contributed by atoms with E-state index in [0.29, 0.717) is 0 Å². The second-order valence-corrected chi connectivity index (χ2v) is 5.39. The zero-order valence-electron chi connectivity index (χ0n) is 12.0. The van der Waals surface area contributed by atoms with E-state index in [0.717, 1.165) is 50.5 Å². The van der Waals surface area contributed by atoms with Crippen LogP contribution in [0.15, 0.2) is 24.3 Å². The summed E-state index contributed by atoms with van der Waals surface area (Å²) in [5.74, 6) is -0.138. The van der Waals surface area contributed by atoms with Crippen LogP contribution in [0.1, 0.15) is 57.9 Å². The highest BCUT2D eigenvalue weighted by molar-refractivity contribution is 5.98.